The molecule has 1 fully saturated rings. The van der Waals surface area contributed by atoms with Crippen LogP contribution >= 0.6 is 22.6 Å². The number of anilines is 1. The Kier molecular flexibility index (Phi) is 5.83. The Morgan fingerprint density at radius 3 is 2.39 bits per heavy atom. The van der Waals surface area contributed by atoms with Crippen LogP contribution in [0.5, 0.6) is 5.75 Å². The van der Waals surface area contributed by atoms with E-state index in [1.807, 2.05) is 36.4 Å². The fourth-order valence-electron chi connectivity index (χ4n) is 3.73. The van der Waals surface area contributed by atoms with Gasteiger partial charge in [0, 0.05) is 0 Å². The highest BCUT2D eigenvalue weighted by Crippen LogP contribution is 2.26. The van der Waals surface area contributed by atoms with Crippen LogP contribution in [0, 0.1) is 3.57 Å². The lowest BCUT2D eigenvalue weighted by Gasteiger charge is -2.11. The van der Waals surface area contributed by atoms with Gasteiger partial charge < -0.3 is 10.1 Å². The highest BCUT2D eigenvalue weighted by molar-refractivity contribution is 14.1. The van der Waals surface area contributed by atoms with Crippen molar-refractivity contribution in [3.05, 3.63) is 111 Å². The highest BCUT2D eigenvalue weighted by atomic mass is 127. The van der Waals surface area contributed by atoms with Crippen molar-refractivity contribution in [1.29, 1.82) is 0 Å². The first-order chi connectivity index (χ1) is 16.1. The molecule has 1 heterocycles. The Labute approximate surface area is 204 Å². The fraction of sp³-hybridized carbons (Fsp3) is 0.0370. The Morgan fingerprint density at radius 2 is 1.61 bits per heavy atom. The number of amides is 3. The summed E-state index contributed by atoms with van der Waals surface area (Å²) in [5, 5.41) is 5.05. The van der Waals surface area contributed by atoms with Gasteiger partial charge in [0.25, 0.3) is 5.91 Å². The zero-order valence-corrected chi connectivity index (χ0v) is 19.7. The Bertz CT molecular complexity index is 1400. The van der Waals surface area contributed by atoms with Gasteiger partial charge in [0.2, 0.25) is 0 Å². The molecule has 0 saturated carbocycles. The molecule has 4 aromatic rings. The summed E-state index contributed by atoms with van der Waals surface area (Å²) in [5.41, 5.74) is 2.67. The van der Waals surface area contributed by atoms with Crippen molar-refractivity contribution in [1.82, 2.24) is 5.32 Å². The standard InChI is InChI=1S/C27H19IN2O3/c28-23-15-18(16-24-26(31)30(27(32)29-24)22-8-2-1-3-9-22)11-13-25(23)33-17-19-10-12-20-6-4-5-7-21(20)14-19/h1-16H,17H2,(H,29,32)/b24-16+. The molecule has 1 aliphatic rings. The molecule has 162 valence electrons. The molecule has 5 nitrogen and oxygen atoms in total. The quantitative estimate of drug-likeness (QED) is 0.187. The zero-order chi connectivity index (χ0) is 22.8. The first-order valence-electron chi connectivity index (χ1n) is 10.4. The van der Waals surface area contributed by atoms with Crippen LogP contribution in [0.4, 0.5) is 10.5 Å². The summed E-state index contributed by atoms with van der Waals surface area (Å²) in [7, 11) is 0. The molecule has 0 bridgehead atoms. The summed E-state index contributed by atoms with van der Waals surface area (Å²) >= 11 is 2.22. The van der Waals surface area contributed by atoms with Crippen LogP contribution < -0.4 is 15.0 Å². The third-order valence-corrected chi connectivity index (χ3v) is 6.21. The number of benzene rings is 4. The number of hydrogen-bond acceptors (Lipinski definition) is 3. The second-order valence-corrected chi connectivity index (χ2v) is 8.79. The lowest BCUT2D eigenvalue weighted by atomic mass is 10.1. The molecule has 1 N–H and O–H groups in total. The molecule has 1 saturated heterocycles. The van der Waals surface area contributed by atoms with Gasteiger partial charge in [-0.3, -0.25) is 4.79 Å². The van der Waals surface area contributed by atoms with Gasteiger partial charge in [0.1, 0.15) is 18.1 Å². The second kappa shape index (κ2) is 9.07. The normalized spacial score (nSPS) is 14.7. The lowest BCUT2D eigenvalue weighted by molar-refractivity contribution is -0.113. The van der Waals surface area contributed by atoms with E-state index in [9.17, 15) is 9.59 Å². The molecule has 0 atom stereocenters. The van der Waals surface area contributed by atoms with Gasteiger partial charge in [0.05, 0.1) is 9.26 Å². The second-order valence-electron chi connectivity index (χ2n) is 7.62. The van der Waals surface area contributed by atoms with Crippen LogP contribution in [-0.2, 0) is 11.4 Å². The third-order valence-electron chi connectivity index (χ3n) is 5.37. The summed E-state index contributed by atoms with van der Waals surface area (Å²) in [5.74, 6) is 0.386. The van der Waals surface area contributed by atoms with Crippen LogP contribution in [-0.4, -0.2) is 11.9 Å². The first kappa shape index (κ1) is 21.2. The average Bonchev–Trinajstić information content (AvgIpc) is 3.11. The number of rotatable bonds is 5. The molecule has 1 aliphatic heterocycles. The summed E-state index contributed by atoms with van der Waals surface area (Å²) in [6.45, 7) is 0.460. The summed E-state index contributed by atoms with van der Waals surface area (Å²) < 4.78 is 6.95. The van der Waals surface area contributed by atoms with Gasteiger partial charge in [-0.1, -0.05) is 60.7 Å². The number of hydrogen-bond donors (Lipinski definition) is 1. The Balaban J connectivity index is 1.31. The number of ether oxygens (including phenoxy) is 1. The number of carbonyl (C=O) groups excluding carboxylic acids is 2. The van der Waals surface area contributed by atoms with Crippen LogP contribution in [0.1, 0.15) is 11.1 Å². The number of nitrogens with zero attached hydrogens (tertiary/aromatic N) is 1. The summed E-state index contributed by atoms with van der Waals surface area (Å²) in [4.78, 5) is 26.2. The number of carbonyl (C=O) groups is 2. The van der Waals surface area contributed by atoms with Gasteiger partial charge >= 0.3 is 6.03 Å². The van der Waals surface area contributed by atoms with Crippen LogP contribution in [0.2, 0.25) is 0 Å². The Hall–Kier alpha value is -3.65. The fourth-order valence-corrected chi connectivity index (χ4v) is 4.42. The van der Waals surface area contributed by atoms with Gasteiger partial charge in [-0.15, -0.1) is 0 Å². The zero-order valence-electron chi connectivity index (χ0n) is 17.5. The maximum Gasteiger partial charge on any atom is 0.333 e. The molecule has 3 amide bonds. The highest BCUT2D eigenvalue weighted by Gasteiger charge is 2.34. The van der Waals surface area contributed by atoms with Gasteiger partial charge in [0.15, 0.2) is 0 Å². The minimum atomic E-state index is -0.456. The molecule has 0 unspecified atom stereocenters. The summed E-state index contributed by atoms with van der Waals surface area (Å²) in [6.07, 6.45) is 1.68. The number of urea groups is 1. The molecule has 5 rings (SSSR count). The predicted molar refractivity (Wildman–Crippen MR) is 138 cm³/mol. The van der Waals surface area contributed by atoms with E-state index < -0.39 is 6.03 Å². The molecule has 0 spiro atoms. The van der Waals surface area contributed by atoms with Crippen LogP contribution in [0.3, 0.4) is 0 Å². The van der Waals surface area contributed by atoms with Crippen molar-refractivity contribution in [3.63, 3.8) is 0 Å². The van der Waals surface area contributed by atoms with Gasteiger partial charge in [-0.2, -0.15) is 0 Å². The largest absolute Gasteiger partial charge is 0.488 e. The molecule has 6 heteroatoms. The maximum atomic E-state index is 12.8. The molecule has 0 aliphatic carbocycles. The monoisotopic (exact) mass is 546 g/mol. The molecule has 0 aromatic heterocycles. The van der Waals surface area contributed by atoms with E-state index in [0.717, 1.165) is 25.3 Å². The summed E-state index contributed by atoms with van der Waals surface area (Å²) in [6, 6.07) is 28.6. The van der Waals surface area contributed by atoms with Crippen LogP contribution in [0.15, 0.2) is 96.7 Å². The van der Waals surface area contributed by atoms with Crippen molar-refractivity contribution in [3.8, 4) is 5.75 Å². The van der Waals surface area contributed by atoms with Crippen molar-refractivity contribution < 1.29 is 14.3 Å². The van der Waals surface area contributed by atoms with Gasteiger partial charge in [-0.05, 0) is 80.9 Å². The molecular formula is C27H19IN2O3. The van der Waals surface area contributed by atoms with E-state index in [4.69, 9.17) is 4.74 Å². The lowest BCUT2D eigenvalue weighted by Crippen LogP contribution is -2.30. The predicted octanol–water partition coefficient (Wildman–Crippen LogP) is 6.12. The van der Waals surface area contributed by atoms with Crippen molar-refractivity contribution in [2.75, 3.05) is 4.90 Å². The van der Waals surface area contributed by atoms with E-state index in [-0.39, 0.29) is 11.6 Å². The minimum absolute atomic E-state index is 0.240. The number of imide groups is 1. The van der Waals surface area contributed by atoms with Crippen LogP contribution in [0.25, 0.3) is 16.8 Å². The van der Waals surface area contributed by atoms with E-state index in [2.05, 4.69) is 58.2 Å². The van der Waals surface area contributed by atoms with E-state index in [1.54, 1.807) is 30.3 Å². The Morgan fingerprint density at radius 1 is 0.848 bits per heavy atom. The topological polar surface area (TPSA) is 58.6 Å². The van der Waals surface area contributed by atoms with Crippen molar-refractivity contribution in [2.45, 2.75) is 6.61 Å². The molecule has 33 heavy (non-hydrogen) atoms. The van der Waals surface area contributed by atoms with Gasteiger partial charge in [-0.25, -0.2) is 9.69 Å². The van der Waals surface area contributed by atoms with E-state index >= 15 is 0 Å². The van der Waals surface area contributed by atoms with E-state index in [0.29, 0.717) is 12.3 Å². The molecule has 4 aromatic carbocycles. The molecule has 0 radical (unpaired) electrons. The smallest absolute Gasteiger partial charge is 0.333 e. The number of para-hydroxylation sites is 1. The van der Waals surface area contributed by atoms with E-state index in [1.165, 1.54) is 10.8 Å². The third kappa shape index (κ3) is 4.47. The maximum absolute atomic E-state index is 12.8. The number of halogens is 1. The average molecular weight is 546 g/mol. The molecular weight excluding hydrogens is 527 g/mol. The van der Waals surface area contributed by atoms with Crippen molar-refractivity contribution in [2.24, 2.45) is 0 Å². The first-order valence-corrected chi connectivity index (χ1v) is 11.5. The SMILES string of the molecule is O=C1N/C(=C/c2ccc(OCc3ccc4ccccc4c3)c(I)c2)C(=O)N1c1ccccc1. The minimum Gasteiger partial charge on any atom is -0.488 e. The number of fused-ring (bicyclic) bond motifs is 1. The number of nitrogens with one attached hydrogen (secondary N) is 1. The van der Waals surface area contributed by atoms with Crippen molar-refractivity contribution >= 4 is 57.1 Å².